The van der Waals surface area contributed by atoms with E-state index >= 15 is 0 Å². The highest BCUT2D eigenvalue weighted by molar-refractivity contribution is 6.15. The highest BCUT2D eigenvalue weighted by Crippen LogP contribution is 2.35. The van der Waals surface area contributed by atoms with E-state index in [0.717, 1.165) is 0 Å². The normalized spacial score (nSPS) is 15.1. The summed E-state index contributed by atoms with van der Waals surface area (Å²) in [7, 11) is 0. The summed E-state index contributed by atoms with van der Waals surface area (Å²) >= 11 is 0. The van der Waals surface area contributed by atoms with Gasteiger partial charge < -0.3 is 18.9 Å². The zero-order chi connectivity index (χ0) is 26.4. The van der Waals surface area contributed by atoms with E-state index in [0.29, 0.717) is 35.1 Å². The van der Waals surface area contributed by atoms with Gasteiger partial charge in [0.05, 0.1) is 0 Å². The van der Waals surface area contributed by atoms with Gasteiger partial charge in [0.15, 0.2) is 28.8 Å². The molecule has 0 amide bonds. The van der Waals surface area contributed by atoms with E-state index in [1.54, 1.807) is 24.3 Å². The molecule has 0 radical (unpaired) electrons. The second-order valence-corrected chi connectivity index (χ2v) is 7.96. The average Bonchev–Trinajstić information content (AvgIpc) is 3.09. The predicted molar refractivity (Wildman–Crippen MR) is 128 cm³/mol. The predicted octanol–water partition coefficient (Wildman–Crippen LogP) is 4.22. The van der Waals surface area contributed by atoms with Crippen LogP contribution in [0.4, 0.5) is 0 Å². The van der Waals surface area contributed by atoms with Crippen LogP contribution in [0.25, 0.3) is 12.2 Å². The molecule has 0 saturated heterocycles. The zero-order valence-electron chi connectivity index (χ0n) is 20.2. The largest absolute Gasteiger partial charge is 0.423 e. The van der Waals surface area contributed by atoms with Crippen LogP contribution in [-0.2, 0) is 24.0 Å². The van der Waals surface area contributed by atoms with E-state index in [1.165, 1.54) is 52.0 Å². The maximum atomic E-state index is 13.0. The minimum absolute atomic E-state index is 0.0686. The first-order valence-corrected chi connectivity index (χ1v) is 11.0. The van der Waals surface area contributed by atoms with Gasteiger partial charge in [0.1, 0.15) is 0 Å². The number of carbonyl (C=O) groups excluding carboxylic acids is 5. The number of hydrogen-bond acceptors (Lipinski definition) is 9. The first-order chi connectivity index (χ1) is 17.0. The van der Waals surface area contributed by atoms with Gasteiger partial charge in [-0.3, -0.25) is 24.0 Å². The fourth-order valence-electron chi connectivity index (χ4n) is 3.56. The van der Waals surface area contributed by atoms with Crippen LogP contribution in [0.2, 0.25) is 0 Å². The first-order valence-electron chi connectivity index (χ1n) is 11.0. The Kier molecular flexibility index (Phi) is 8.16. The number of esters is 4. The summed E-state index contributed by atoms with van der Waals surface area (Å²) in [5, 5.41) is 0. The molecule has 9 heteroatoms. The van der Waals surface area contributed by atoms with E-state index in [-0.39, 0.29) is 28.8 Å². The standard InChI is InChI=1S/C27H24O9/c1-15(28)33-23-9-5-19(13-25(23)35-17(3)30)11-21-7-8-22(27(21)32)12-20-6-10-24(34-16(2)29)26(14-20)36-18(4)31/h5-6,9-14H,7-8H2,1-4H3/b21-11+,22-12+. The fourth-order valence-corrected chi connectivity index (χ4v) is 3.56. The average molecular weight is 492 g/mol. The third-order valence-corrected chi connectivity index (χ3v) is 4.88. The van der Waals surface area contributed by atoms with Crippen molar-refractivity contribution in [2.45, 2.75) is 40.5 Å². The topological polar surface area (TPSA) is 122 Å². The smallest absolute Gasteiger partial charge is 0.308 e. The molecule has 1 aliphatic carbocycles. The Morgan fingerprint density at radius 2 is 0.917 bits per heavy atom. The molecule has 0 N–H and O–H groups in total. The Balaban J connectivity index is 1.87. The van der Waals surface area contributed by atoms with Crippen molar-refractivity contribution >= 4 is 41.8 Å². The highest BCUT2D eigenvalue weighted by atomic mass is 16.6. The van der Waals surface area contributed by atoms with Gasteiger partial charge in [-0.1, -0.05) is 12.1 Å². The summed E-state index contributed by atoms with van der Waals surface area (Å²) in [6.07, 6.45) is 4.34. The molecule has 1 fully saturated rings. The molecular formula is C27H24O9. The number of carbonyl (C=O) groups is 5. The lowest BCUT2D eigenvalue weighted by Gasteiger charge is -2.09. The molecule has 0 spiro atoms. The maximum Gasteiger partial charge on any atom is 0.308 e. The minimum Gasteiger partial charge on any atom is -0.423 e. The Morgan fingerprint density at radius 3 is 1.25 bits per heavy atom. The Morgan fingerprint density at radius 1 is 0.583 bits per heavy atom. The third kappa shape index (κ3) is 6.99. The molecule has 0 bridgehead atoms. The quantitative estimate of drug-likeness (QED) is 0.331. The lowest BCUT2D eigenvalue weighted by atomic mass is 10.1. The number of ketones is 1. The molecule has 36 heavy (non-hydrogen) atoms. The third-order valence-electron chi connectivity index (χ3n) is 4.88. The summed E-state index contributed by atoms with van der Waals surface area (Å²) in [6, 6.07) is 9.30. The van der Waals surface area contributed by atoms with Gasteiger partial charge in [-0.15, -0.1) is 0 Å². The highest BCUT2D eigenvalue weighted by Gasteiger charge is 2.24. The molecule has 186 valence electrons. The molecule has 0 atom stereocenters. The first kappa shape index (κ1) is 26.1. The zero-order valence-corrected chi connectivity index (χ0v) is 20.2. The van der Waals surface area contributed by atoms with Gasteiger partial charge in [-0.25, -0.2) is 0 Å². The van der Waals surface area contributed by atoms with Crippen molar-refractivity contribution in [1.82, 2.24) is 0 Å². The maximum absolute atomic E-state index is 13.0. The second-order valence-electron chi connectivity index (χ2n) is 7.96. The molecule has 0 aromatic heterocycles. The Bertz CT molecular complexity index is 1220. The monoisotopic (exact) mass is 492 g/mol. The SMILES string of the molecule is CC(=O)Oc1ccc(/C=C2\CC/C(=C\c3ccc(OC(C)=O)c(OC(C)=O)c3)C2=O)cc1OC(C)=O. The summed E-state index contributed by atoms with van der Waals surface area (Å²) in [6.45, 7) is 4.92. The summed E-state index contributed by atoms with van der Waals surface area (Å²) in [5.74, 6) is -2.12. The lowest BCUT2D eigenvalue weighted by Crippen LogP contribution is -2.07. The van der Waals surface area contributed by atoms with E-state index in [4.69, 9.17) is 18.9 Å². The van der Waals surface area contributed by atoms with Gasteiger partial charge in [0, 0.05) is 38.8 Å². The van der Waals surface area contributed by atoms with Crippen molar-refractivity contribution in [1.29, 1.82) is 0 Å². The van der Waals surface area contributed by atoms with E-state index in [9.17, 15) is 24.0 Å². The molecule has 0 heterocycles. The number of benzene rings is 2. The number of allylic oxidation sites excluding steroid dienone is 2. The number of Topliss-reactive ketones (excluding diaryl/α,β-unsaturated/α-hetero) is 1. The summed E-state index contributed by atoms with van der Waals surface area (Å²) < 4.78 is 20.4. The van der Waals surface area contributed by atoms with Gasteiger partial charge in [0.2, 0.25) is 0 Å². The van der Waals surface area contributed by atoms with Gasteiger partial charge >= 0.3 is 23.9 Å². The number of hydrogen-bond donors (Lipinski definition) is 0. The summed E-state index contributed by atoms with van der Waals surface area (Å²) in [4.78, 5) is 58.5. The molecule has 1 saturated carbocycles. The van der Waals surface area contributed by atoms with Gasteiger partial charge in [0.25, 0.3) is 0 Å². The Labute approximate surface area is 207 Å². The molecule has 1 aliphatic rings. The number of rotatable bonds is 6. The van der Waals surface area contributed by atoms with Gasteiger partial charge in [-0.2, -0.15) is 0 Å². The number of ether oxygens (including phenoxy) is 4. The van der Waals surface area contributed by atoms with E-state index in [1.807, 2.05) is 0 Å². The van der Waals surface area contributed by atoms with Crippen LogP contribution in [0.5, 0.6) is 23.0 Å². The van der Waals surface area contributed by atoms with Crippen molar-refractivity contribution in [3.8, 4) is 23.0 Å². The van der Waals surface area contributed by atoms with Crippen molar-refractivity contribution in [2.24, 2.45) is 0 Å². The van der Waals surface area contributed by atoms with Crippen molar-refractivity contribution in [3.63, 3.8) is 0 Å². The van der Waals surface area contributed by atoms with Crippen molar-refractivity contribution < 1.29 is 42.9 Å². The van der Waals surface area contributed by atoms with Crippen LogP contribution in [0, 0.1) is 0 Å². The van der Waals surface area contributed by atoms with Gasteiger partial charge in [-0.05, 0) is 60.4 Å². The Hall–Kier alpha value is -4.53. The van der Waals surface area contributed by atoms with Crippen LogP contribution in [0.3, 0.4) is 0 Å². The molecular weight excluding hydrogens is 468 g/mol. The van der Waals surface area contributed by atoms with Crippen molar-refractivity contribution in [3.05, 3.63) is 58.7 Å². The van der Waals surface area contributed by atoms with Crippen LogP contribution in [0.1, 0.15) is 51.7 Å². The molecule has 0 unspecified atom stereocenters. The van der Waals surface area contributed by atoms with E-state index in [2.05, 4.69) is 0 Å². The molecule has 9 nitrogen and oxygen atoms in total. The van der Waals surface area contributed by atoms with Crippen LogP contribution in [-0.4, -0.2) is 29.7 Å². The molecule has 0 aliphatic heterocycles. The van der Waals surface area contributed by atoms with Crippen molar-refractivity contribution in [2.75, 3.05) is 0 Å². The van der Waals surface area contributed by atoms with Crippen LogP contribution >= 0.6 is 0 Å². The summed E-state index contributed by atoms with van der Waals surface area (Å²) in [5.41, 5.74) is 2.28. The molecule has 3 rings (SSSR count). The molecule has 2 aromatic rings. The lowest BCUT2D eigenvalue weighted by molar-refractivity contribution is -0.134. The van der Waals surface area contributed by atoms with E-state index < -0.39 is 23.9 Å². The molecule has 2 aromatic carbocycles. The van der Waals surface area contributed by atoms with Crippen LogP contribution < -0.4 is 18.9 Å². The fraction of sp³-hybridized carbons (Fsp3) is 0.222. The van der Waals surface area contributed by atoms with Crippen LogP contribution in [0.15, 0.2) is 47.5 Å². The minimum atomic E-state index is -0.580. The second kappa shape index (κ2) is 11.3.